The zero-order valence-electron chi connectivity index (χ0n) is 10.5. The molecule has 1 N–H and O–H groups in total. The van der Waals surface area contributed by atoms with Crippen LogP contribution >= 0.6 is 11.8 Å². The van der Waals surface area contributed by atoms with Gasteiger partial charge in [0.1, 0.15) is 0 Å². The Morgan fingerprint density at radius 3 is 3.22 bits per heavy atom. The monoisotopic (exact) mass is 270 g/mol. The van der Waals surface area contributed by atoms with Crippen molar-refractivity contribution >= 4 is 17.7 Å². The summed E-state index contributed by atoms with van der Waals surface area (Å²) in [5.74, 6) is -0.762. The molecule has 0 aliphatic carbocycles. The van der Waals surface area contributed by atoms with Gasteiger partial charge in [-0.3, -0.25) is 4.79 Å². The summed E-state index contributed by atoms with van der Waals surface area (Å²) in [4.78, 5) is 14.8. The van der Waals surface area contributed by atoms with Crippen LogP contribution in [0.15, 0.2) is 11.4 Å². The number of thioether (sulfide) groups is 1. The molecule has 0 spiro atoms. The first kappa shape index (κ1) is 13.4. The minimum absolute atomic E-state index is 0.0520. The van der Waals surface area contributed by atoms with Crippen LogP contribution in [0, 0.1) is 6.92 Å². The lowest BCUT2D eigenvalue weighted by Crippen LogP contribution is -2.12. The molecule has 0 aromatic carbocycles. The number of hydrogen-bond acceptors (Lipinski definition) is 4. The number of aromatic nitrogens is 2. The predicted octanol–water partition coefficient (Wildman–Crippen LogP) is 1.94. The first-order chi connectivity index (χ1) is 8.66. The highest BCUT2D eigenvalue weighted by Gasteiger charge is 2.17. The van der Waals surface area contributed by atoms with Crippen molar-refractivity contribution in [3.63, 3.8) is 0 Å². The minimum Gasteiger partial charge on any atom is -0.481 e. The van der Waals surface area contributed by atoms with Gasteiger partial charge in [0.2, 0.25) is 0 Å². The van der Waals surface area contributed by atoms with Crippen LogP contribution in [0.5, 0.6) is 0 Å². The summed E-state index contributed by atoms with van der Waals surface area (Å²) in [5, 5.41) is 9.48. The van der Waals surface area contributed by atoms with Crippen molar-refractivity contribution in [2.75, 3.05) is 12.4 Å². The highest BCUT2D eigenvalue weighted by Crippen LogP contribution is 2.21. The Labute approximate surface area is 111 Å². The topological polar surface area (TPSA) is 64.3 Å². The van der Waals surface area contributed by atoms with Crippen LogP contribution in [0.25, 0.3) is 0 Å². The van der Waals surface area contributed by atoms with Crippen molar-refractivity contribution < 1.29 is 14.6 Å². The van der Waals surface area contributed by atoms with Gasteiger partial charge >= 0.3 is 5.97 Å². The van der Waals surface area contributed by atoms with Crippen LogP contribution in [0.2, 0.25) is 0 Å². The number of carbonyl (C=O) groups is 1. The molecule has 1 atom stereocenters. The van der Waals surface area contributed by atoms with Gasteiger partial charge in [-0.05, 0) is 26.2 Å². The van der Waals surface area contributed by atoms with Crippen molar-refractivity contribution in [3.05, 3.63) is 11.9 Å². The Bertz CT molecular complexity index is 413. The number of ether oxygens (including phenoxy) is 1. The maximum Gasteiger partial charge on any atom is 0.313 e. The van der Waals surface area contributed by atoms with E-state index in [1.54, 1.807) is 6.20 Å². The second-order valence-corrected chi connectivity index (χ2v) is 5.38. The van der Waals surface area contributed by atoms with Crippen molar-refractivity contribution in [2.24, 2.45) is 0 Å². The molecule has 0 saturated carbocycles. The highest BCUT2D eigenvalue weighted by molar-refractivity contribution is 7.99. The summed E-state index contributed by atoms with van der Waals surface area (Å²) >= 11 is 1.27. The van der Waals surface area contributed by atoms with Crippen LogP contribution in [-0.4, -0.2) is 39.1 Å². The normalized spacial score (nSPS) is 19.3. The van der Waals surface area contributed by atoms with E-state index in [1.807, 2.05) is 6.92 Å². The molecule has 1 aromatic rings. The molecule has 2 rings (SSSR count). The molecule has 2 heterocycles. The summed E-state index contributed by atoms with van der Waals surface area (Å²) in [5.41, 5.74) is 1.07. The molecule has 18 heavy (non-hydrogen) atoms. The fourth-order valence-corrected chi connectivity index (χ4v) is 2.87. The molecule has 0 radical (unpaired) electrons. The third kappa shape index (κ3) is 3.49. The molecular formula is C12H18N2O3S. The molecule has 1 aromatic heterocycles. The number of imidazole rings is 1. The van der Waals surface area contributed by atoms with Crippen molar-refractivity contribution in [3.8, 4) is 0 Å². The van der Waals surface area contributed by atoms with Gasteiger partial charge in [-0.2, -0.15) is 0 Å². The van der Waals surface area contributed by atoms with Crippen LogP contribution < -0.4 is 0 Å². The van der Waals surface area contributed by atoms with E-state index in [1.165, 1.54) is 11.8 Å². The average Bonchev–Trinajstić information content (AvgIpc) is 2.94. The van der Waals surface area contributed by atoms with E-state index >= 15 is 0 Å². The fraction of sp³-hybridized carbons (Fsp3) is 0.667. The van der Waals surface area contributed by atoms with Gasteiger partial charge in [-0.15, -0.1) is 0 Å². The molecule has 6 heteroatoms. The Hall–Kier alpha value is -1.01. The summed E-state index contributed by atoms with van der Waals surface area (Å²) in [6, 6.07) is 0. The third-order valence-corrected chi connectivity index (χ3v) is 4.02. The Kier molecular flexibility index (Phi) is 4.66. The lowest BCUT2D eigenvalue weighted by Gasteiger charge is -2.12. The van der Waals surface area contributed by atoms with Crippen LogP contribution in [-0.2, 0) is 16.1 Å². The zero-order valence-corrected chi connectivity index (χ0v) is 11.3. The number of carboxylic acid groups (broad SMARTS) is 1. The number of nitrogens with zero attached hydrogens (tertiary/aromatic N) is 2. The van der Waals surface area contributed by atoms with Gasteiger partial charge in [-0.1, -0.05) is 11.8 Å². The number of aliphatic carboxylic acids is 1. The number of rotatable bonds is 6. The Morgan fingerprint density at radius 2 is 2.56 bits per heavy atom. The SMILES string of the molecule is Cc1cnc(SCC(=O)O)n1CCC1CCCO1. The van der Waals surface area contributed by atoms with Crippen molar-refractivity contribution in [1.82, 2.24) is 9.55 Å². The summed E-state index contributed by atoms with van der Waals surface area (Å²) in [6.45, 7) is 3.71. The van der Waals surface area contributed by atoms with E-state index < -0.39 is 5.97 Å². The molecule has 1 saturated heterocycles. The second kappa shape index (κ2) is 6.24. The smallest absolute Gasteiger partial charge is 0.313 e. The highest BCUT2D eigenvalue weighted by atomic mass is 32.2. The Balaban J connectivity index is 1.92. The molecule has 0 bridgehead atoms. The summed E-state index contributed by atoms with van der Waals surface area (Å²) in [7, 11) is 0. The number of hydrogen-bond donors (Lipinski definition) is 1. The Morgan fingerprint density at radius 1 is 1.72 bits per heavy atom. The lowest BCUT2D eigenvalue weighted by atomic mass is 10.2. The van der Waals surface area contributed by atoms with Crippen molar-refractivity contribution in [1.29, 1.82) is 0 Å². The van der Waals surface area contributed by atoms with Crippen molar-refractivity contribution in [2.45, 2.75) is 44.0 Å². The molecule has 1 fully saturated rings. The van der Waals surface area contributed by atoms with E-state index in [2.05, 4.69) is 9.55 Å². The summed E-state index contributed by atoms with van der Waals surface area (Å²) in [6.07, 6.45) is 5.39. The molecule has 1 unspecified atom stereocenters. The lowest BCUT2D eigenvalue weighted by molar-refractivity contribution is -0.133. The second-order valence-electron chi connectivity index (χ2n) is 4.44. The molecular weight excluding hydrogens is 252 g/mol. The summed E-state index contributed by atoms with van der Waals surface area (Å²) < 4.78 is 7.67. The number of carboxylic acids is 1. The number of aryl methyl sites for hydroxylation is 1. The maximum absolute atomic E-state index is 10.6. The average molecular weight is 270 g/mol. The first-order valence-corrected chi connectivity index (χ1v) is 7.13. The van der Waals surface area contributed by atoms with E-state index in [0.717, 1.165) is 43.3 Å². The third-order valence-electron chi connectivity index (χ3n) is 3.04. The van der Waals surface area contributed by atoms with E-state index in [0.29, 0.717) is 6.10 Å². The van der Waals surface area contributed by atoms with Crippen LogP contribution in [0.1, 0.15) is 25.0 Å². The van der Waals surface area contributed by atoms with E-state index in [9.17, 15) is 4.79 Å². The van der Waals surface area contributed by atoms with Crippen LogP contribution in [0.4, 0.5) is 0 Å². The molecule has 1 aliphatic rings. The van der Waals surface area contributed by atoms with Gasteiger partial charge in [0, 0.05) is 25.0 Å². The fourth-order valence-electron chi connectivity index (χ4n) is 2.10. The van der Waals surface area contributed by atoms with Gasteiger partial charge in [0.15, 0.2) is 5.16 Å². The zero-order chi connectivity index (χ0) is 13.0. The molecule has 100 valence electrons. The molecule has 0 amide bonds. The molecule has 5 nitrogen and oxygen atoms in total. The van der Waals surface area contributed by atoms with Gasteiger partial charge in [0.05, 0.1) is 11.9 Å². The molecule has 1 aliphatic heterocycles. The van der Waals surface area contributed by atoms with Gasteiger partial charge in [0.25, 0.3) is 0 Å². The largest absolute Gasteiger partial charge is 0.481 e. The standard InChI is InChI=1S/C12H18N2O3S/c1-9-7-13-12(18-8-11(15)16)14(9)5-4-10-3-2-6-17-10/h7,10H,2-6,8H2,1H3,(H,15,16). The predicted molar refractivity (Wildman–Crippen MR) is 68.9 cm³/mol. The van der Waals surface area contributed by atoms with Gasteiger partial charge in [-0.25, -0.2) is 4.98 Å². The minimum atomic E-state index is -0.814. The van der Waals surface area contributed by atoms with Gasteiger partial charge < -0.3 is 14.4 Å². The van der Waals surface area contributed by atoms with Crippen LogP contribution in [0.3, 0.4) is 0 Å². The maximum atomic E-state index is 10.6. The van der Waals surface area contributed by atoms with E-state index in [4.69, 9.17) is 9.84 Å². The quantitative estimate of drug-likeness (QED) is 0.800. The first-order valence-electron chi connectivity index (χ1n) is 6.15. The van der Waals surface area contributed by atoms with E-state index in [-0.39, 0.29) is 5.75 Å².